The van der Waals surface area contributed by atoms with Crippen LogP contribution in [-0.2, 0) is 4.79 Å². The van der Waals surface area contributed by atoms with Gasteiger partial charge in [-0.3, -0.25) is 9.69 Å². The Hall–Kier alpha value is -0.410. The van der Waals surface area contributed by atoms with Crippen molar-refractivity contribution < 1.29 is 9.90 Å². The standard InChI is InChI=1S/C16H25NO2/c1-10-8-11-9-14(18)13-5-3-7-17-6-2-4-12(11)16(13,17)15(10)19/h10-13,15,19H,2-9H2,1H3. The first-order chi connectivity index (χ1) is 9.15. The van der Waals surface area contributed by atoms with Crippen molar-refractivity contribution in [3.63, 3.8) is 0 Å². The quantitative estimate of drug-likeness (QED) is 0.725. The summed E-state index contributed by atoms with van der Waals surface area (Å²) >= 11 is 0. The molecule has 1 N–H and O–H groups in total. The Labute approximate surface area is 115 Å². The molecular formula is C16H25NO2. The second kappa shape index (κ2) is 4.05. The van der Waals surface area contributed by atoms with Crippen LogP contribution in [0.2, 0.25) is 0 Å². The topological polar surface area (TPSA) is 40.5 Å². The Morgan fingerprint density at radius 1 is 1.26 bits per heavy atom. The predicted molar refractivity (Wildman–Crippen MR) is 72.7 cm³/mol. The minimum atomic E-state index is -0.288. The van der Waals surface area contributed by atoms with Crippen LogP contribution >= 0.6 is 0 Å². The van der Waals surface area contributed by atoms with E-state index in [0.29, 0.717) is 23.5 Å². The highest BCUT2D eigenvalue weighted by Crippen LogP contribution is 2.59. The van der Waals surface area contributed by atoms with Gasteiger partial charge < -0.3 is 5.11 Å². The molecule has 6 unspecified atom stereocenters. The van der Waals surface area contributed by atoms with Gasteiger partial charge in [0.25, 0.3) is 0 Å². The van der Waals surface area contributed by atoms with E-state index in [2.05, 4.69) is 11.8 Å². The monoisotopic (exact) mass is 263 g/mol. The summed E-state index contributed by atoms with van der Waals surface area (Å²) in [6.45, 7) is 4.38. The lowest BCUT2D eigenvalue weighted by molar-refractivity contribution is -0.214. The number of aliphatic hydroxyl groups is 1. The van der Waals surface area contributed by atoms with Gasteiger partial charge in [-0.25, -0.2) is 0 Å². The molecule has 0 aromatic heterocycles. The molecule has 3 heteroatoms. The van der Waals surface area contributed by atoms with Crippen molar-refractivity contribution in [3.8, 4) is 0 Å². The fraction of sp³-hybridized carbons (Fsp3) is 0.938. The van der Waals surface area contributed by atoms with Crippen LogP contribution in [0, 0.1) is 23.7 Å². The number of rotatable bonds is 0. The minimum absolute atomic E-state index is 0.126. The van der Waals surface area contributed by atoms with E-state index in [4.69, 9.17) is 0 Å². The molecule has 2 aliphatic carbocycles. The van der Waals surface area contributed by atoms with Gasteiger partial charge in [-0.1, -0.05) is 6.92 Å². The minimum Gasteiger partial charge on any atom is -0.391 e. The number of hydrogen-bond donors (Lipinski definition) is 1. The third-order valence-corrected chi connectivity index (χ3v) is 6.67. The zero-order chi connectivity index (χ0) is 13.2. The summed E-state index contributed by atoms with van der Waals surface area (Å²) in [6, 6.07) is 0. The summed E-state index contributed by atoms with van der Waals surface area (Å²) < 4.78 is 0. The van der Waals surface area contributed by atoms with E-state index >= 15 is 0 Å². The summed E-state index contributed by atoms with van der Waals surface area (Å²) in [5, 5.41) is 11.0. The van der Waals surface area contributed by atoms with Crippen molar-refractivity contribution in [1.29, 1.82) is 0 Å². The van der Waals surface area contributed by atoms with Gasteiger partial charge in [0.1, 0.15) is 5.78 Å². The number of ketones is 1. The first kappa shape index (κ1) is 12.3. The van der Waals surface area contributed by atoms with Crippen LogP contribution in [-0.4, -0.2) is 40.5 Å². The third kappa shape index (κ3) is 1.38. The van der Waals surface area contributed by atoms with E-state index in [1.807, 2.05) is 0 Å². The summed E-state index contributed by atoms with van der Waals surface area (Å²) in [7, 11) is 0. The largest absolute Gasteiger partial charge is 0.391 e. The van der Waals surface area contributed by atoms with Crippen LogP contribution in [0.5, 0.6) is 0 Å². The first-order valence-electron chi connectivity index (χ1n) is 8.11. The summed E-state index contributed by atoms with van der Waals surface area (Å²) in [4.78, 5) is 15.1. The number of hydrogen-bond acceptors (Lipinski definition) is 3. The smallest absolute Gasteiger partial charge is 0.138 e. The van der Waals surface area contributed by atoms with E-state index in [0.717, 1.165) is 38.8 Å². The average molecular weight is 263 g/mol. The van der Waals surface area contributed by atoms with Gasteiger partial charge in [-0.05, 0) is 62.9 Å². The maximum atomic E-state index is 12.6. The zero-order valence-corrected chi connectivity index (χ0v) is 11.8. The normalized spacial score (nSPS) is 53.8. The lowest BCUT2D eigenvalue weighted by atomic mass is 9.47. The SMILES string of the molecule is CC1CC2CC(=O)C3CCCN4CCCC2C34C1O. The maximum absolute atomic E-state index is 12.6. The fourth-order valence-corrected chi connectivity index (χ4v) is 6.16. The average Bonchev–Trinajstić information content (AvgIpc) is 2.41. The molecule has 2 heterocycles. The van der Waals surface area contributed by atoms with Crippen molar-refractivity contribution in [3.05, 3.63) is 0 Å². The molecule has 1 spiro atoms. The van der Waals surface area contributed by atoms with Crippen LogP contribution in [0.3, 0.4) is 0 Å². The highest BCUT2D eigenvalue weighted by atomic mass is 16.3. The summed E-state index contributed by atoms with van der Waals surface area (Å²) in [6.07, 6.45) is 6.20. The highest BCUT2D eigenvalue weighted by Gasteiger charge is 2.66. The Morgan fingerprint density at radius 3 is 2.79 bits per heavy atom. The molecule has 3 nitrogen and oxygen atoms in total. The van der Waals surface area contributed by atoms with E-state index in [1.54, 1.807) is 0 Å². The molecule has 4 rings (SSSR count). The Morgan fingerprint density at radius 2 is 2.00 bits per heavy atom. The fourth-order valence-electron chi connectivity index (χ4n) is 6.16. The van der Waals surface area contributed by atoms with Gasteiger partial charge in [-0.15, -0.1) is 0 Å². The molecule has 106 valence electrons. The van der Waals surface area contributed by atoms with Gasteiger partial charge in [0, 0.05) is 12.3 Å². The number of piperidine rings is 2. The molecule has 6 atom stereocenters. The number of carbonyl (C=O) groups is 1. The maximum Gasteiger partial charge on any atom is 0.138 e. The van der Waals surface area contributed by atoms with Crippen molar-refractivity contribution in [1.82, 2.24) is 4.90 Å². The number of Topliss-reactive ketones (excluding diaryl/α,β-unsaturated/α-hetero) is 1. The van der Waals surface area contributed by atoms with E-state index in [-0.39, 0.29) is 17.6 Å². The number of carbonyl (C=O) groups excluding carboxylic acids is 1. The second-order valence-corrected chi connectivity index (χ2v) is 7.41. The van der Waals surface area contributed by atoms with Gasteiger partial charge in [0.2, 0.25) is 0 Å². The Balaban J connectivity index is 1.87. The molecule has 19 heavy (non-hydrogen) atoms. The number of aliphatic hydroxyl groups excluding tert-OH is 1. The van der Waals surface area contributed by atoms with Gasteiger partial charge in [-0.2, -0.15) is 0 Å². The molecule has 2 bridgehead atoms. The molecule has 0 radical (unpaired) electrons. The van der Waals surface area contributed by atoms with Crippen LogP contribution in [0.25, 0.3) is 0 Å². The summed E-state index contributed by atoms with van der Waals surface area (Å²) in [5.41, 5.74) is -0.172. The zero-order valence-electron chi connectivity index (χ0n) is 11.8. The van der Waals surface area contributed by atoms with Crippen molar-refractivity contribution in [2.45, 2.75) is 57.1 Å². The molecule has 2 aliphatic heterocycles. The third-order valence-electron chi connectivity index (χ3n) is 6.67. The van der Waals surface area contributed by atoms with E-state index in [1.165, 1.54) is 12.8 Å². The van der Waals surface area contributed by atoms with E-state index in [9.17, 15) is 9.90 Å². The number of nitrogens with zero attached hydrogens (tertiary/aromatic N) is 1. The Bertz CT molecular complexity index is 404. The highest BCUT2D eigenvalue weighted by molar-refractivity contribution is 5.84. The molecule has 4 aliphatic rings. The van der Waals surface area contributed by atoms with Crippen LogP contribution in [0.4, 0.5) is 0 Å². The second-order valence-electron chi connectivity index (χ2n) is 7.41. The Kier molecular flexibility index (Phi) is 2.63. The molecule has 4 fully saturated rings. The van der Waals surface area contributed by atoms with Gasteiger partial charge in [0.15, 0.2) is 0 Å². The van der Waals surface area contributed by atoms with Crippen molar-refractivity contribution >= 4 is 5.78 Å². The molecule has 0 aromatic rings. The van der Waals surface area contributed by atoms with Gasteiger partial charge in [0.05, 0.1) is 11.6 Å². The van der Waals surface area contributed by atoms with E-state index < -0.39 is 0 Å². The van der Waals surface area contributed by atoms with Crippen molar-refractivity contribution in [2.75, 3.05) is 13.1 Å². The molecule has 0 amide bonds. The molecular weight excluding hydrogens is 238 g/mol. The molecule has 0 aromatic carbocycles. The lowest BCUT2D eigenvalue weighted by Gasteiger charge is -2.67. The summed E-state index contributed by atoms with van der Waals surface area (Å²) in [5.74, 6) is 2.06. The molecule has 2 saturated heterocycles. The lowest BCUT2D eigenvalue weighted by Crippen LogP contribution is -2.77. The van der Waals surface area contributed by atoms with Crippen molar-refractivity contribution in [2.24, 2.45) is 23.7 Å². The van der Waals surface area contributed by atoms with Crippen LogP contribution in [0.15, 0.2) is 0 Å². The predicted octanol–water partition coefficient (Wildman–Crippen LogP) is 1.84. The van der Waals surface area contributed by atoms with Gasteiger partial charge >= 0.3 is 0 Å². The van der Waals surface area contributed by atoms with Crippen LogP contribution < -0.4 is 0 Å². The first-order valence-corrected chi connectivity index (χ1v) is 8.11. The van der Waals surface area contributed by atoms with Crippen LogP contribution in [0.1, 0.15) is 45.4 Å². The molecule has 2 saturated carbocycles.